The molecule has 0 aliphatic heterocycles. The Balaban J connectivity index is 3.15. The Morgan fingerprint density at radius 3 is 1.53 bits per heavy atom. The second-order valence-electron chi connectivity index (χ2n) is 7.29. The number of halogens is 13. The van der Waals surface area contributed by atoms with E-state index in [1.54, 1.807) is 43.4 Å². The molecule has 0 heterocycles. The monoisotopic (exact) mass is 506 g/mol. The van der Waals surface area contributed by atoms with Crippen LogP contribution >= 0.6 is 0 Å². The zero-order valence-corrected chi connectivity index (χ0v) is 17.2. The second kappa shape index (κ2) is 8.46. The molecule has 32 heavy (non-hydrogen) atoms. The fourth-order valence-electron chi connectivity index (χ4n) is 2.39. The molecule has 0 saturated carbocycles. The van der Waals surface area contributed by atoms with Gasteiger partial charge < -0.3 is 0 Å². The van der Waals surface area contributed by atoms with Crippen molar-refractivity contribution in [2.75, 3.05) is 0 Å². The summed E-state index contributed by atoms with van der Waals surface area (Å²) in [6.45, 7) is 3.24. The van der Waals surface area contributed by atoms with E-state index in [1.165, 1.54) is 0 Å². The van der Waals surface area contributed by atoms with E-state index >= 15 is 0 Å². The van der Waals surface area contributed by atoms with Crippen molar-refractivity contribution >= 4 is 13.3 Å². The summed E-state index contributed by atoms with van der Waals surface area (Å²) in [5, 5.41) is 0.685. The van der Waals surface area contributed by atoms with Crippen LogP contribution in [0, 0.1) is 11.5 Å². The van der Waals surface area contributed by atoms with Crippen molar-refractivity contribution < 1.29 is 57.1 Å². The Morgan fingerprint density at radius 1 is 0.656 bits per heavy atom. The highest BCUT2D eigenvalue weighted by atomic mass is 28.3. The van der Waals surface area contributed by atoms with Gasteiger partial charge >= 0.3 is 35.8 Å². The van der Waals surface area contributed by atoms with Crippen LogP contribution in [0.5, 0.6) is 0 Å². The van der Waals surface area contributed by atoms with E-state index in [9.17, 15) is 57.1 Å². The lowest BCUT2D eigenvalue weighted by molar-refractivity contribution is -0.440. The first-order valence-corrected chi connectivity index (χ1v) is 11.6. The zero-order valence-electron chi connectivity index (χ0n) is 16.2. The van der Waals surface area contributed by atoms with Crippen LogP contribution in [0.15, 0.2) is 30.3 Å². The third-order valence-corrected chi connectivity index (χ3v) is 7.04. The van der Waals surface area contributed by atoms with E-state index in [0.29, 0.717) is 5.19 Å². The number of benzene rings is 1. The van der Waals surface area contributed by atoms with Gasteiger partial charge in [0, 0.05) is 12.8 Å². The molecule has 0 aliphatic rings. The fraction of sp³-hybridized carbons (Fsp3) is 0.556. The van der Waals surface area contributed by atoms with Gasteiger partial charge in [-0.1, -0.05) is 43.4 Å². The highest BCUT2D eigenvalue weighted by Crippen LogP contribution is 2.60. The van der Waals surface area contributed by atoms with Gasteiger partial charge in [0.15, 0.2) is 8.07 Å². The van der Waals surface area contributed by atoms with Crippen LogP contribution < -0.4 is 5.19 Å². The van der Waals surface area contributed by atoms with Crippen molar-refractivity contribution in [1.82, 2.24) is 0 Å². The lowest BCUT2D eigenvalue weighted by Crippen LogP contribution is -2.70. The van der Waals surface area contributed by atoms with Crippen LogP contribution in [0.1, 0.15) is 12.8 Å². The van der Waals surface area contributed by atoms with E-state index in [0.717, 1.165) is 0 Å². The zero-order chi connectivity index (χ0) is 25.4. The van der Waals surface area contributed by atoms with Crippen LogP contribution in [-0.4, -0.2) is 43.9 Å². The van der Waals surface area contributed by atoms with E-state index in [2.05, 4.69) is 5.54 Å². The summed E-state index contributed by atoms with van der Waals surface area (Å²) in [4.78, 5) is 0. The summed E-state index contributed by atoms with van der Waals surface area (Å²) in [6, 6.07) is 8.17. The minimum atomic E-state index is -7.88. The van der Waals surface area contributed by atoms with Gasteiger partial charge in [-0.25, -0.2) is 0 Å². The summed E-state index contributed by atoms with van der Waals surface area (Å²) < 4.78 is 169. The van der Waals surface area contributed by atoms with Gasteiger partial charge in [-0.15, -0.1) is 11.5 Å². The van der Waals surface area contributed by atoms with Gasteiger partial charge in [0.1, 0.15) is 0 Å². The van der Waals surface area contributed by atoms with Crippen LogP contribution in [-0.2, 0) is 0 Å². The van der Waals surface area contributed by atoms with Crippen LogP contribution in [0.3, 0.4) is 0 Å². The molecule has 0 saturated heterocycles. The predicted molar refractivity (Wildman–Crippen MR) is 91.4 cm³/mol. The number of alkyl halides is 13. The molecule has 0 fully saturated rings. The average molecular weight is 506 g/mol. The molecule has 0 spiro atoms. The van der Waals surface area contributed by atoms with Gasteiger partial charge in [0.05, 0.1) is 0 Å². The molecule has 0 aromatic heterocycles. The summed E-state index contributed by atoms with van der Waals surface area (Å²) in [7, 11) is -2.62. The number of rotatable bonds is 7. The molecule has 0 radical (unpaired) electrons. The van der Waals surface area contributed by atoms with Gasteiger partial charge in [0.25, 0.3) is 0 Å². The first kappa shape index (κ1) is 28.1. The van der Waals surface area contributed by atoms with Crippen molar-refractivity contribution in [3.05, 3.63) is 30.3 Å². The minimum Gasteiger partial charge on any atom is -0.200 e. The molecular weight excluding hydrogens is 491 g/mol. The molecule has 182 valence electrons. The maximum absolute atomic E-state index is 13.7. The number of hydrogen-bond donors (Lipinski definition) is 0. The molecule has 0 N–H and O–H groups in total. The van der Waals surface area contributed by atoms with E-state index in [-0.39, 0.29) is 0 Å². The summed E-state index contributed by atoms with van der Waals surface area (Å²) in [5.41, 5.74) is 2.52. The van der Waals surface area contributed by atoms with E-state index in [4.69, 9.17) is 0 Å². The normalized spacial score (nSPS) is 14.7. The predicted octanol–water partition coefficient (Wildman–Crippen LogP) is 6.66. The Labute approximate surface area is 174 Å². The molecule has 14 heteroatoms. The lowest BCUT2D eigenvalue weighted by Gasteiger charge is -2.39. The van der Waals surface area contributed by atoms with Crippen molar-refractivity contribution in [3.63, 3.8) is 0 Å². The maximum atomic E-state index is 13.7. The fourth-order valence-corrected chi connectivity index (χ4v) is 4.13. The third-order valence-electron chi connectivity index (χ3n) is 4.46. The van der Waals surface area contributed by atoms with Crippen molar-refractivity contribution in [1.29, 1.82) is 0 Å². The van der Waals surface area contributed by atoms with Crippen molar-refractivity contribution in [2.24, 2.45) is 0 Å². The van der Waals surface area contributed by atoms with Gasteiger partial charge in [0.2, 0.25) is 0 Å². The SMILES string of the molecule is C[Si](C)(C#CCCC(F)(F)C(F)(F)C(F)(F)C(F)(F)C(F)(F)C(F)(F)F)c1ccccc1. The molecule has 0 nitrogen and oxygen atoms in total. The smallest absolute Gasteiger partial charge is 0.200 e. The van der Waals surface area contributed by atoms with Gasteiger partial charge in [-0.2, -0.15) is 57.1 Å². The lowest BCUT2D eigenvalue weighted by atomic mass is 9.92. The summed E-state index contributed by atoms with van der Waals surface area (Å²) >= 11 is 0. The molecule has 1 rings (SSSR count). The topological polar surface area (TPSA) is 0 Å². The summed E-state index contributed by atoms with van der Waals surface area (Å²) in [6.07, 6.45) is -11.0. The van der Waals surface area contributed by atoms with Gasteiger partial charge in [-0.3, -0.25) is 0 Å². The molecule has 0 atom stereocenters. The quantitative estimate of drug-likeness (QED) is 0.220. The standard InChI is InChI=1S/C18H15F13Si/c1-32(2,12-8-4-3-5-9-12)11-7-6-10-13(19,20)14(21,22)15(23,24)16(25,26)17(27,28)18(29,30)31/h3-5,8-9H,6,10H2,1-2H3. The van der Waals surface area contributed by atoms with Crippen molar-refractivity contribution in [3.8, 4) is 11.5 Å². The van der Waals surface area contributed by atoms with E-state index in [1.807, 2.05) is 5.92 Å². The molecule has 0 amide bonds. The van der Waals surface area contributed by atoms with Crippen LogP contribution in [0.25, 0.3) is 0 Å². The largest absolute Gasteiger partial charge is 0.460 e. The third kappa shape index (κ3) is 4.72. The Morgan fingerprint density at radius 2 is 1.09 bits per heavy atom. The molecule has 0 unspecified atom stereocenters. The first-order chi connectivity index (χ1) is 14.1. The highest BCUT2D eigenvalue weighted by molar-refractivity contribution is 6.96. The molecule has 1 aromatic rings. The Bertz CT molecular complexity index is 845. The minimum absolute atomic E-state index is 0.685. The molecule has 0 bridgehead atoms. The average Bonchev–Trinajstić information content (AvgIpc) is 2.64. The first-order valence-electron chi connectivity index (χ1n) is 8.57. The Hall–Kier alpha value is -1.91. The number of hydrogen-bond acceptors (Lipinski definition) is 0. The maximum Gasteiger partial charge on any atom is 0.460 e. The highest BCUT2D eigenvalue weighted by Gasteiger charge is 2.90. The molecule has 0 aliphatic carbocycles. The van der Waals surface area contributed by atoms with E-state index < -0.39 is 56.7 Å². The van der Waals surface area contributed by atoms with Crippen molar-refractivity contribution in [2.45, 2.75) is 61.7 Å². The molecular formula is C18H15F13Si. The summed E-state index contributed by atoms with van der Waals surface area (Å²) in [5.74, 6) is -34.7. The van der Waals surface area contributed by atoms with Gasteiger partial charge in [-0.05, 0) is 5.19 Å². The Kier molecular flexibility index (Phi) is 7.43. The van der Waals surface area contributed by atoms with Crippen LogP contribution in [0.2, 0.25) is 13.1 Å². The molecule has 1 aromatic carbocycles. The van der Waals surface area contributed by atoms with Crippen LogP contribution in [0.4, 0.5) is 57.1 Å². The second-order valence-corrected chi connectivity index (χ2v) is 11.4.